The molecule has 0 aromatic heterocycles. The van der Waals surface area contributed by atoms with Crippen LogP contribution in [0.15, 0.2) is 23.2 Å². The number of guanidine groups is 1. The van der Waals surface area contributed by atoms with Crippen LogP contribution in [0.4, 0.5) is 0 Å². The molecule has 1 rings (SSSR count). The zero-order valence-electron chi connectivity index (χ0n) is 13.9. The molecule has 0 aliphatic heterocycles. The van der Waals surface area contributed by atoms with E-state index in [4.69, 9.17) is 14.2 Å². The number of hydrogen-bond acceptors (Lipinski definition) is 4. The van der Waals surface area contributed by atoms with Gasteiger partial charge in [0.2, 0.25) is 0 Å². The molecule has 0 aliphatic rings. The van der Waals surface area contributed by atoms with E-state index < -0.39 is 0 Å². The first-order valence-corrected chi connectivity index (χ1v) is 7.57. The summed E-state index contributed by atoms with van der Waals surface area (Å²) in [6.07, 6.45) is 0. The highest BCUT2D eigenvalue weighted by Gasteiger charge is 2.06. The maximum Gasteiger partial charge on any atom is 0.191 e. The molecule has 1 aromatic carbocycles. The Morgan fingerprint density at radius 1 is 1.14 bits per heavy atom. The topological polar surface area (TPSA) is 64.1 Å². The summed E-state index contributed by atoms with van der Waals surface area (Å²) in [7, 11) is 3.39. The molecule has 0 fully saturated rings. The van der Waals surface area contributed by atoms with Gasteiger partial charge in [0.1, 0.15) is 0 Å². The Bertz CT molecular complexity index is 464. The smallest absolute Gasteiger partial charge is 0.191 e. The van der Waals surface area contributed by atoms with Crippen molar-refractivity contribution in [2.24, 2.45) is 4.99 Å². The van der Waals surface area contributed by atoms with Gasteiger partial charge in [-0.15, -0.1) is 0 Å². The van der Waals surface area contributed by atoms with E-state index in [1.54, 1.807) is 14.2 Å². The highest BCUT2D eigenvalue weighted by Crippen LogP contribution is 2.27. The number of aliphatic imine (C=N–C) groups is 1. The molecule has 0 bridgehead atoms. The van der Waals surface area contributed by atoms with E-state index in [2.05, 4.69) is 15.6 Å². The van der Waals surface area contributed by atoms with Crippen molar-refractivity contribution < 1.29 is 14.2 Å². The molecule has 0 spiro atoms. The fourth-order valence-electron chi connectivity index (χ4n) is 1.89. The van der Waals surface area contributed by atoms with Crippen molar-refractivity contribution in [3.05, 3.63) is 23.8 Å². The zero-order chi connectivity index (χ0) is 16.2. The van der Waals surface area contributed by atoms with Crippen LogP contribution in [-0.2, 0) is 11.3 Å². The number of methoxy groups -OCH3 is 1. The second kappa shape index (κ2) is 10.7. The lowest BCUT2D eigenvalue weighted by atomic mass is 10.2. The maximum atomic E-state index is 5.51. The van der Waals surface area contributed by atoms with Crippen LogP contribution in [0.5, 0.6) is 11.5 Å². The molecule has 1 aromatic rings. The van der Waals surface area contributed by atoms with Crippen molar-refractivity contribution in [3.8, 4) is 11.5 Å². The molecule has 0 radical (unpaired) electrons. The van der Waals surface area contributed by atoms with E-state index in [-0.39, 0.29) is 0 Å². The van der Waals surface area contributed by atoms with E-state index in [0.717, 1.165) is 36.2 Å². The Morgan fingerprint density at radius 2 is 1.95 bits per heavy atom. The molecule has 6 nitrogen and oxygen atoms in total. The molecule has 0 heterocycles. The average molecular weight is 309 g/mol. The van der Waals surface area contributed by atoms with Crippen molar-refractivity contribution >= 4 is 5.96 Å². The highest BCUT2D eigenvalue weighted by atomic mass is 16.5. The Labute approximate surface area is 132 Å². The number of rotatable bonds is 9. The number of nitrogens with one attached hydrogen (secondary N) is 2. The third-order valence-electron chi connectivity index (χ3n) is 2.95. The Balaban J connectivity index is 2.52. The lowest BCUT2D eigenvalue weighted by Crippen LogP contribution is -2.38. The van der Waals surface area contributed by atoms with Gasteiger partial charge in [-0.25, -0.2) is 0 Å². The average Bonchev–Trinajstić information content (AvgIpc) is 2.55. The lowest BCUT2D eigenvalue weighted by molar-refractivity contribution is 0.152. The van der Waals surface area contributed by atoms with Gasteiger partial charge in [-0.3, -0.25) is 4.99 Å². The van der Waals surface area contributed by atoms with Crippen molar-refractivity contribution in [1.29, 1.82) is 0 Å². The van der Waals surface area contributed by atoms with Crippen LogP contribution in [0, 0.1) is 0 Å². The summed E-state index contributed by atoms with van der Waals surface area (Å²) in [6.45, 7) is 7.30. The largest absolute Gasteiger partial charge is 0.493 e. The first-order valence-electron chi connectivity index (χ1n) is 7.57. The van der Waals surface area contributed by atoms with Crippen LogP contribution in [0.1, 0.15) is 19.4 Å². The second-order valence-electron chi connectivity index (χ2n) is 4.47. The fourth-order valence-corrected chi connectivity index (χ4v) is 1.89. The van der Waals surface area contributed by atoms with Crippen LogP contribution in [0.25, 0.3) is 0 Å². The van der Waals surface area contributed by atoms with Gasteiger partial charge >= 0.3 is 0 Å². The van der Waals surface area contributed by atoms with Gasteiger partial charge in [0.25, 0.3) is 0 Å². The van der Waals surface area contributed by atoms with E-state index in [0.29, 0.717) is 19.8 Å². The van der Waals surface area contributed by atoms with Gasteiger partial charge in [0.15, 0.2) is 17.5 Å². The molecule has 0 aliphatic carbocycles. The summed E-state index contributed by atoms with van der Waals surface area (Å²) in [5.41, 5.74) is 1.09. The molecule has 2 N–H and O–H groups in total. The standard InChI is InChI=1S/C16H27N3O3/c1-5-21-10-9-18-16(17-3)19-12-13-7-8-14(22-6-2)15(11-13)20-4/h7-8,11H,5-6,9-10,12H2,1-4H3,(H2,17,18,19). The van der Waals surface area contributed by atoms with Crippen LogP contribution in [0.2, 0.25) is 0 Å². The van der Waals surface area contributed by atoms with Gasteiger partial charge < -0.3 is 24.8 Å². The van der Waals surface area contributed by atoms with Crippen molar-refractivity contribution in [1.82, 2.24) is 10.6 Å². The third kappa shape index (κ3) is 6.22. The second-order valence-corrected chi connectivity index (χ2v) is 4.47. The van der Waals surface area contributed by atoms with E-state index in [9.17, 15) is 0 Å². The number of nitrogens with zero attached hydrogens (tertiary/aromatic N) is 1. The summed E-state index contributed by atoms with van der Waals surface area (Å²) in [5, 5.41) is 6.45. The number of benzene rings is 1. The van der Waals surface area contributed by atoms with Crippen LogP contribution < -0.4 is 20.1 Å². The molecule has 22 heavy (non-hydrogen) atoms. The first-order chi connectivity index (χ1) is 10.7. The SMILES string of the molecule is CCOCCNC(=NC)NCc1ccc(OCC)c(OC)c1. The summed E-state index contributed by atoms with van der Waals surface area (Å²) < 4.78 is 16.1. The van der Waals surface area contributed by atoms with E-state index in [1.807, 2.05) is 32.0 Å². The predicted octanol–water partition coefficient (Wildman–Crippen LogP) is 1.80. The third-order valence-corrected chi connectivity index (χ3v) is 2.95. The maximum absolute atomic E-state index is 5.51. The molecule has 124 valence electrons. The van der Waals surface area contributed by atoms with Crippen molar-refractivity contribution in [3.63, 3.8) is 0 Å². The fraction of sp³-hybridized carbons (Fsp3) is 0.562. The van der Waals surface area contributed by atoms with Crippen LogP contribution >= 0.6 is 0 Å². The number of ether oxygens (including phenoxy) is 3. The van der Waals surface area contributed by atoms with Crippen LogP contribution in [0.3, 0.4) is 0 Å². The molecule has 0 amide bonds. The molecule has 0 unspecified atom stereocenters. The summed E-state index contributed by atoms with van der Waals surface area (Å²) in [5.74, 6) is 2.24. The molecular weight excluding hydrogens is 282 g/mol. The van der Waals surface area contributed by atoms with E-state index in [1.165, 1.54) is 0 Å². The molecule has 0 saturated carbocycles. The molecule has 0 atom stereocenters. The first kappa shape index (κ1) is 18.1. The van der Waals surface area contributed by atoms with Gasteiger partial charge in [-0.05, 0) is 31.5 Å². The molecule has 6 heteroatoms. The van der Waals surface area contributed by atoms with Crippen molar-refractivity contribution in [2.75, 3.05) is 40.5 Å². The van der Waals surface area contributed by atoms with Crippen molar-refractivity contribution in [2.45, 2.75) is 20.4 Å². The minimum Gasteiger partial charge on any atom is -0.493 e. The lowest BCUT2D eigenvalue weighted by Gasteiger charge is -2.14. The summed E-state index contributed by atoms with van der Waals surface area (Å²) in [4.78, 5) is 4.17. The van der Waals surface area contributed by atoms with Crippen LogP contribution in [-0.4, -0.2) is 46.5 Å². The molecule has 0 saturated heterocycles. The zero-order valence-corrected chi connectivity index (χ0v) is 13.9. The molecular formula is C16H27N3O3. The normalized spacial score (nSPS) is 11.2. The summed E-state index contributed by atoms with van der Waals surface area (Å²) in [6, 6.07) is 5.89. The quantitative estimate of drug-likeness (QED) is 0.414. The van der Waals surface area contributed by atoms with E-state index >= 15 is 0 Å². The monoisotopic (exact) mass is 309 g/mol. The van der Waals surface area contributed by atoms with Gasteiger partial charge in [-0.2, -0.15) is 0 Å². The van der Waals surface area contributed by atoms with Gasteiger partial charge in [-0.1, -0.05) is 6.07 Å². The van der Waals surface area contributed by atoms with Gasteiger partial charge in [0, 0.05) is 26.7 Å². The Morgan fingerprint density at radius 3 is 2.59 bits per heavy atom. The highest BCUT2D eigenvalue weighted by molar-refractivity contribution is 5.79. The Kier molecular flexibility index (Phi) is 8.83. The minimum atomic E-state index is 0.615. The Hall–Kier alpha value is -1.95. The van der Waals surface area contributed by atoms with Gasteiger partial charge in [0.05, 0.1) is 20.3 Å². The summed E-state index contributed by atoms with van der Waals surface area (Å²) >= 11 is 0. The minimum absolute atomic E-state index is 0.615. The predicted molar refractivity (Wildman–Crippen MR) is 88.9 cm³/mol. The number of hydrogen-bond donors (Lipinski definition) is 2.